The minimum absolute atomic E-state index is 0.0276. The molecule has 5 aliphatic rings. The van der Waals surface area contributed by atoms with E-state index in [1.165, 1.54) is 6.07 Å². The van der Waals surface area contributed by atoms with Gasteiger partial charge in [-0.25, -0.2) is 21.6 Å². The van der Waals surface area contributed by atoms with Gasteiger partial charge in [-0.15, -0.1) is 0 Å². The summed E-state index contributed by atoms with van der Waals surface area (Å²) in [4.78, 5) is 14.9. The molecule has 3 saturated heterocycles. The lowest BCUT2D eigenvalue weighted by molar-refractivity contribution is -0.117. The molecule has 2 saturated carbocycles. The zero-order valence-corrected chi connectivity index (χ0v) is 21.6. The summed E-state index contributed by atoms with van der Waals surface area (Å²) in [5.74, 6) is -2.51. The lowest BCUT2D eigenvalue weighted by Gasteiger charge is -2.41. The summed E-state index contributed by atoms with van der Waals surface area (Å²) in [6.07, 6.45) is 3.65. The number of carbonyl (C=O) groups excluding carboxylic acids is 1. The fourth-order valence-corrected chi connectivity index (χ4v) is 9.39. The average molecular weight is 545 g/mol. The maximum absolute atomic E-state index is 13.4. The number of sulfonamides is 1. The quantitative estimate of drug-likeness (QED) is 0.540. The maximum Gasteiger partial charge on any atom is 0.273 e. The van der Waals surface area contributed by atoms with E-state index in [2.05, 4.69) is 15.4 Å². The van der Waals surface area contributed by atoms with Crippen LogP contribution < -0.4 is 5.32 Å². The highest BCUT2D eigenvalue weighted by molar-refractivity contribution is 7.89. The molecule has 2 aliphatic carbocycles. The molecule has 1 N–H and O–H groups in total. The van der Waals surface area contributed by atoms with E-state index in [9.17, 15) is 26.4 Å². The largest absolute Gasteiger partial charge is 0.360 e. The van der Waals surface area contributed by atoms with E-state index in [1.54, 1.807) is 4.31 Å². The van der Waals surface area contributed by atoms with Gasteiger partial charge in [0.2, 0.25) is 15.9 Å². The smallest absolute Gasteiger partial charge is 0.273 e. The minimum Gasteiger partial charge on any atom is -0.360 e. The van der Waals surface area contributed by atoms with Crippen molar-refractivity contribution in [2.45, 2.75) is 93.9 Å². The lowest BCUT2D eigenvalue weighted by Crippen LogP contribution is -2.53. The number of fused-ring (bicyclic) bond motifs is 2. The second kappa shape index (κ2) is 9.51. The number of aromatic nitrogens is 1. The molecule has 5 fully saturated rings. The highest BCUT2D eigenvalue weighted by Crippen LogP contribution is 2.44. The van der Waals surface area contributed by atoms with E-state index in [4.69, 9.17) is 4.52 Å². The van der Waals surface area contributed by atoms with Gasteiger partial charge in [0.25, 0.3) is 5.91 Å². The van der Waals surface area contributed by atoms with Crippen LogP contribution in [-0.4, -0.2) is 84.3 Å². The Morgan fingerprint density at radius 1 is 1.08 bits per heavy atom. The van der Waals surface area contributed by atoms with E-state index >= 15 is 0 Å². The molecule has 206 valence electrons. The SMILES string of the molecule is O=C(NC1C[C@H]2CC[C@@H](C1)N2S(=O)(=O)CC1CCN(CC2CC(F)(F)C2)CC1)c1cc([C@@H]2C[C@H]2F)on1. The molecular formula is C25H35F3N4O4S. The monoisotopic (exact) mass is 544 g/mol. The highest BCUT2D eigenvalue weighted by Gasteiger charge is 2.48. The van der Waals surface area contributed by atoms with Gasteiger partial charge in [-0.3, -0.25) is 4.79 Å². The van der Waals surface area contributed by atoms with Crippen molar-refractivity contribution in [2.24, 2.45) is 11.8 Å². The van der Waals surface area contributed by atoms with Crippen molar-refractivity contribution in [1.29, 1.82) is 0 Å². The zero-order valence-electron chi connectivity index (χ0n) is 20.8. The third-order valence-corrected chi connectivity index (χ3v) is 11.1. The number of hydrogen-bond donors (Lipinski definition) is 1. The van der Waals surface area contributed by atoms with Crippen molar-refractivity contribution in [1.82, 2.24) is 19.7 Å². The third kappa shape index (κ3) is 5.43. The first-order valence-corrected chi connectivity index (χ1v) is 15.2. The summed E-state index contributed by atoms with van der Waals surface area (Å²) in [5, 5.41) is 6.77. The lowest BCUT2D eigenvalue weighted by atomic mass is 9.80. The average Bonchev–Trinajstić information content (AvgIpc) is 3.22. The maximum atomic E-state index is 13.4. The number of nitrogens with zero attached hydrogens (tertiary/aromatic N) is 3. The van der Waals surface area contributed by atoms with Crippen molar-refractivity contribution in [3.63, 3.8) is 0 Å². The molecule has 0 spiro atoms. The topological polar surface area (TPSA) is 95.8 Å². The van der Waals surface area contributed by atoms with E-state index in [0.29, 0.717) is 31.6 Å². The van der Waals surface area contributed by atoms with Gasteiger partial charge >= 0.3 is 0 Å². The van der Waals surface area contributed by atoms with Crippen LogP contribution in [0.25, 0.3) is 0 Å². The van der Waals surface area contributed by atoms with Crippen LogP contribution in [0.5, 0.6) is 0 Å². The standard InChI is InChI=1S/C25H35F3N4O4S/c26-21-9-20(21)23-10-22(30-36-23)24(33)29-17-7-18-1-2-19(8-17)32(18)37(34,35)14-15-3-5-31(6-4-15)13-16-11-25(27,28)12-16/h10,15-21H,1-9,11-14H2,(H,29,33)/t17?,18-,19+,20-,21-/m1/s1. The van der Waals surface area contributed by atoms with Gasteiger partial charge in [-0.2, -0.15) is 4.31 Å². The van der Waals surface area contributed by atoms with Gasteiger partial charge in [-0.1, -0.05) is 5.16 Å². The van der Waals surface area contributed by atoms with Crippen LogP contribution in [0.15, 0.2) is 10.6 Å². The molecule has 0 aromatic carbocycles. The fraction of sp³-hybridized carbons (Fsp3) is 0.840. The molecule has 12 heteroatoms. The Morgan fingerprint density at radius 3 is 2.32 bits per heavy atom. The van der Waals surface area contributed by atoms with E-state index in [0.717, 1.165) is 38.8 Å². The fourth-order valence-electron chi connectivity index (χ4n) is 6.99. The second-order valence-corrected chi connectivity index (χ2v) is 13.9. The molecule has 4 heterocycles. The Kier molecular flexibility index (Phi) is 6.59. The van der Waals surface area contributed by atoms with Crippen LogP contribution in [0.2, 0.25) is 0 Å². The van der Waals surface area contributed by atoms with Crippen LogP contribution in [-0.2, 0) is 10.0 Å². The molecule has 6 rings (SSSR count). The van der Waals surface area contributed by atoms with Gasteiger partial charge in [0, 0.05) is 43.6 Å². The predicted octanol–water partition coefficient (Wildman–Crippen LogP) is 3.31. The molecule has 5 atom stereocenters. The minimum atomic E-state index is -3.44. The molecule has 1 unspecified atom stereocenters. The van der Waals surface area contributed by atoms with Crippen LogP contribution in [0.3, 0.4) is 0 Å². The summed E-state index contributed by atoms with van der Waals surface area (Å²) in [5.41, 5.74) is 0.133. The van der Waals surface area contributed by atoms with Crippen molar-refractivity contribution >= 4 is 15.9 Å². The molecule has 8 nitrogen and oxygen atoms in total. The first-order valence-electron chi connectivity index (χ1n) is 13.6. The van der Waals surface area contributed by atoms with Gasteiger partial charge in [0.1, 0.15) is 11.9 Å². The Labute approximate surface area is 215 Å². The van der Waals surface area contributed by atoms with Crippen molar-refractivity contribution < 1.29 is 30.9 Å². The molecule has 1 aromatic heterocycles. The summed E-state index contributed by atoms with van der Waals surface area (Å²) in [6.45, 7) is 2.21. The van der Waals surface area contributed by atoms with Gasteiger partial charge in [0.15, 0.2) is 5.69 Å². The van der Waals surface area contributed by atoms with Crippen molar-refractivity contribution in [3.05, 3.63) is 17.5 Å². The van der Waals surface area contributed by atoms with Crippen molar-refractivity contribution in [2.75, 3.05) is 25.4 Å². The summed E-state index contributed by atoms with van der Waals surface area (Å²) >= 11 is 0. The number of amides is 1. The Hall–Kier alpha value is -1.66. The summed E-state index contributed by atoms with van der Waals surface area (Å²) in [6, 6.07) is 1.11. The Morgan fingerprint density at radius 2 is 1.73 bits per heavy atom. The van der Waals surface area contributed by atoms with E-state index < -0.39 is 22.1 Å². The van der Waals surface area contributed by atoms with Gasteiger partial charge in [0.05, 0.1) is 11.7 Å². The van der Waals surface area contributed by atoms with E-state index in [1.807, 2.05) is 0 Å². The highest BCUT2D eigenvalue weighted by atomic mass is 32.2. The number of alkyl halides is 3. The molecule has 1 amide bonds. The molecule has 2 bridgehead atoms. The number of nitrogens with one attached hydrogen (secondary N) is 1. The summed E-state index contributed by atoms with van der Waals surface area (Å²) in [7, 11) is -3.44. The molecule has 1 aromatic rings. The zero-order chi connectivity index (χ0) is 25.9. The van der Waals surface area contributed by atoms with Crippen LogP contribution in [0.4, 0.5) is 13.2 Å². The van der Waals surface area contributed by atoms with Crippen LogP contribution in [0, 0.1) is 11.8 Å². The molecule has 37 heavy (non-hydrogen) atoms. The number of halogens is 3. The second-order valence-electron chi connectivity index (χ2n) is 12.0. The van der Waals surface area contributed by atoms with Crippen molar-refractivity contribution in [3.8, 4) is 0 Å². The summed E-state index contributed by atoms with van der Waals surface area (Å²) < 4.78 is 73.2. The van der Waals surface area contributed by atoms with E-state index in [-0.39, 0.29) is 66.1 Å². The third-order valence-electron chi connectivity index (χ3n) is 9.01. The van der Waals surface area contributed by atoms with Gasteiger partial charge < -0.3 is 14.7 Å². The Balaban J connectivity index is 0.986. The predicted molar refractivity (Wildman–Crippen MR) is 129 cm³/mol. The Bertz CT molecular complexity index is 1100. The normalized spacial score (nSPS) is 34.8. The molecule has 3 aliphatic heterocycles. The number of piperidine rings is 2. The van der Waals surface area contributed by atoms with Crippen LogP contribution in [0.1, 0.15) is 80.0 Å². The van der Waals surface area contributed by atoms with Crippen LogP contribution >= 0.6 is 0 Å². The molecule has 0 radical (unpaired) electrons. The molecular weight excluding hydrogens is 509 g/mol. The first kappa shape index (κ1) is 25.6. The number of carbonyl (C=O) groups is 1. The van der Waals surface area contributed by atoms with Gasteiger partial charge in [-0.05, 0) is 69.9 Å². The number of rotatable bonds is 8. The number of hydrogen-bond acceptors (Lipinski definition) is 6. The first-order chi connectivity index (χ1) is 17.6. The number of likely N-dealkylation sites (tertiary alicyclic amines) is 1.